The number of halogens is 3. The summed E-state index contributed by atoms with van der Waals surface area (Å²) in [6.07, 6.45) is -3.09. The first-order valence-corrected chi connectivity index (χ1v) is 4.98. The summed E-state index contributed by atoms with van der Waals surface area (Å²) in [6.45, 7) is 0.726. The van der Waals surface area contributed by atoms with Gasteiger partial charge in [-0.25, -0.2) is 0 Å². The number of nitrogens with one attached hydrogen (secondary N) is 3. The first-order valence-electron chi connectivity index (χ1n) is 4.98. The average molecular weight is 237 g/mol. The highest BCUT2D eigenvalue weighted by atomic mass is 19.4. The number of hydrogen-bond acceptors (Lipinski definition) is 2. The van der Waals surface area contributed by atoms with E-state index in [1.54, 1.807) is 7.05 Å². The van der Waals surface area contributed by atoms with Crippen LogP contribution in [0.5, 0.6) is 0 Å². The Morgan fingerprint density at radius 3 is 2.50 bits per heavy atom. The van der Waals surface area contributed by atoms with E-state index in [4.69, 9.17) is 0 Å². The van der Waals surface area contributed by atoms with Gasteiger partial charge < -0.3 is 5.32 Å². The monoisotopic (exact) mass is 237 g/mol. The quantitative estimate of drug-likeness (QED) is 0.675. The van der Waals surface area contributed by atoms with E-state index in [0.717, 1.165) is 13.0 Å². The van der Waals surface area contributed by atoms with Crippen molar-refractivity contribution >= 4 is 0 Å². The zero-order valence-electron chi connectivity index (χ0n) is 8.87. The van der Waals surface area contributed by atoms with Gasteiger partial charge in [-0.2, -0.15) is 13.2 Å². The third kappa shape index (κ3) is 3.13. The summed E-state index contributed by atoms with van der Waals surface area (Å²) in [6, 6.07) is 0. The normalized spacial score (nSPS) is 12.0. The smallest absolute Gasteiger partial charge is 0.320 e. The van der Waals surface area contributed by atoms with Crippen LogP contribution in [-0.4, -0.2) is 23.8 Å². The minimum absolute atomic E-state index is 0.134. The van der Waals surface area contributed by atoms with Gasteiger partial charge in [-0.1, -0.05) is 0 Å². The summed E-state index contributed by atoms with van der Waals surface area (Å²) in [7, 11) is 1.77. The largest absolute Gasteiger partial charge is 0.433 e. The van der Waals surface area contributed by atoms with Crippen LogP contribution < -0.4 is 10.9 Å². The third-order valence-corrected chi connectivity index (χ3v) is 2.26. The van der Waals surface area contributed by atoms with Crippen LogP contribution in [0, 0.1) is 0 Å². The van der Waals surface area contributed by atoms with Crippen molar-refractivity contribution in [2.75, 3.05) is 13.6 Å². The van der Waals surface area contributed by atoms with Gasteiger partial charge in [0.25, 0.3) is 5.56 Å². The number of H-pyrrole nitrogens is 2. The molecule has 0 saturated carbocycles. The number of unbranched alkanes of at least 4 members (excludes halogenated alkanes) is 1. The molecule has 4 nitrogen and oxygen atoms in total. The zero-order chi connectivity index (χ0) is 12.2. The standard InChI is InChI=1S/C9H14F3N3O/c1-13-5-3-2-4-6-7(9(10,11)12)14-15-8(6)16/h13H,2-5H2,1H3,(H2,14,15,16). The van der Waals surface area contributed by atoms with Crippen LogP contribution in [0.4, 0.5) is 13.2 Å². The number of hydrogen-bond donors (Lipinski definition) is 3. The Hall–Kier alpha value is -1.24. The molecule has 0 atom stereocenters. The van der Waals surface area contributed by atoms with Crippen molar-refractivity contribution in [3.05, 3.63) is 21.6 Å². The van der Waals surface area contributed by atoms with Crippen molar-refractivity contribution < 1.29 is 13.2 Å². The predicted octanol–water partition coefficient (Wildman–Crippen LogP) is 1.26. The molecule has 0 saturated heterocycles. The van der Waals surface area contributed by atoms with Crippen molar-refractivity contribution in [1.29, 1.82) is 0 Å². The second kappa shape index (κ2) is 5.20. The third-order valence-electron chi connectivity index (χ3n) is 2.26. The summed E-state index contributed by atoms with van der Waals surface area (Å²) in [4.78, 5) is 11.1. The summed E-state index contributed by atoms with van der Waals surface area (Å²) < 4.78 is 37.3. The van der Waals surface area contributed by atoms with Crippen LogP contribution in [0.3, 0.4) is 0 Å². The molecule has 1 aromatic heterocycles. The lowest BCUT2D eigenvalue weighted by Crippen LogP contribution is -2.14. The Bertz CT molecular complexity index is 380. The van der Waals surface area contributed by atoms with Gasteiger partial charge in [-0.05, 0) is 32.9 Å². The first-order chi connectivity index (χ1) is 7.46. The van der Waals surface area contributed by atoms with E-state index >= 15 is 0 Å². The molecule has 3 N–H and O–H groups in total. The van der Waals surface area contributed by atoms with Crippen LogP contribution >= 0.6 is 0 Å². The molecular weight excluding hydrogens is 223 g/mol. The summed E-state index contributed by atoms with van der Waals surface area (Å²) in [5.74, 6) is 0. The highest BCUT2D eigenvalue weighted by molar-refractivity contribution is 5.19. The summed E-state index contributed by atoms with van der Waals surface area (Å²) in [5.41, 5.74) is -1.85. The Morgan fingerprint density at radius 2 is 1.94 bits per heavy atom. The Balaban J connectivity index is 2.71. The van der Waals surface area contributed by atoms with Gasteiger partial charge in [0.2, 0.25) is 0 Å². The molecule has 0 amide bonds. The molecule has 1 aromatic rings. The van der Waals surface area contributed by atoms with E-state index in [0.29, 0.717) is 6.42 Å². The number of alkyl halides is 3. The maximum atomic E-state index is 12.4. The maximum Gasteiger partial charge on any atom is 0.433 e. The first kappa shape index (κ1) is 12.8. The molecule has 0 bridgehead atoms. The molecule has 0 aliphatic heterocycles. The Morgan fingerprint density at radius 1 is 1.25 bits per heavy atom. The minimum atomic E-state index is -4.50. The molecular formula is C9H14F3N3O. The molecule has 1 heterocycles. The van der Waals surface area contributed by atoms with Crippen LogP contribution in [0.15, 0.2) is 4.79 Å². The van der Waals surface area contributed by atoms with Crippen LogP contribution in [0.25, 0.3) is 0 Å². The van der Waals surface area contributed by atoms with Crippen molar-refractivity contribution in [3.8, 4) is 0 Å². The Kier molecular flexibility index (Phi) is 4.17. The fourth-order valence-electron chi connectivity index (χ4n) is 1.47. The van der Waals surface area contributed by atoms with E-state index in [1.807, 2.05) is 10.2 Å². The zero-order valence-corrected chi connectivity index (χ0v) is 8.87. The predicted molar refractivity (Wildman–Crippen MR) is 53.3 cm³/mol. The van der Waals surface area contributed by atoms with E-state index in [-0.39, 0.29) is 12.0 Å². The molecule has 0 fully saturated rings. The lowest BCUT2D eigenvalue weighted by molar-refractivity contribution is -0.141. The SMILES string of the molecule is CNCCCCc1c(C(F)(F)F)[nH][nH]c1=O. The van der Waals surface area contributed by atoms with Crippen LogP contribution in [-0.2, 0) is 12.6 Å². The number of rotatable bonds is 5. The molecule has 0 aromatic carbocycles. The van der Waals surface area contributed by atoms with Gasteiger partial charge in [0.15, 0.2) is 0 Å². The van der Waals surface area contributed by atoms with Crippen LogP contribution in [0.1, 0.15) is 24.1 Å². The molecule has 0 aliphatic carbocycles. The van der Waals surface area contributed by atoms with Gasteiger partial charge in [0.1, 0.15) is 5.69 Å². The van der Waals surface area contributed by atoms with Crippen molar-refractivity contribution in [3.63, 3.8) is 0 Å². The second-order valence-corrected chi connectivity index (χ2v) is 3.49. The number of aromatic amines is 2. The van der Waals surface area contributed by atoms with E-state index in [2.05, 4.69) is 5.32 Å². The van der Waals surface area contributed by atoms with E-state index < -0.39 is 17.4 Å². The fourth-order valence-corrected chi connectivity index (χ4v) is 1.47. The topological polar surface area (TPSA) is 60.7 Å². The highest BCUT2D eigenvalue weighted by Gasteiger charge is 2.36. The fraction of sp³-hybridized carbons (Fsp3) is 0.667. The van der Waals surface area contributed by atoms with Gasteiger partial charge in [-0.3, -0.25) is 15.0 Å². The van der Waals surface area contributed by atoms with Crippen molar-refractivity contribution in [1.82, 2.24) is 15.5 Å². The number of aromatic nitrogens is 2. The van der Waals surface area contributed by atoms with Gasteiger partial charge in [-0.15, -0.1) is 0 Å². The summed E-state index contributed by atoms with van der Waals surface area (Å²) >= 11 is 0. The molecule has 0 unspecified atom stereocenters. The molecule has 0 spiro atoms. The lowest BCUT2D eigenvalue weighted by atomic mass is 10.1. The van der Waals surface area contributed by atoms with E-state index in [9.17, 15) is 18.0 Å². The van der Waals surface area contributed by atoms with Crippen molar-refractivity contribution in [2.24, 2.45) is 0 Å². The minimum Gasteiger partial charge on any atom is -0.320 e. The average Bonchev–Trinajstić information content (AvgIpc) is 2.54. The molecule has 1 rings (SSSR count). The lowest BCUT2D eigenvalue weighted by Gasteiger charge is -2.06. The van der Waals surface area contributed by atoms with Crippen LogP contribution in [0.2, 0.25) is 0 Å². The molecule has 16 heavy (non-hydrogen) atoms. The molecule has 92 valence electrons. The summed E-state index contributed by atoms with van der Waals surface area (Å²) in [5, 5.41) is 6.74. The van der Waals surface area contributed by atoms with Gasteiger partial charge in [0.05, 0.1) is 0 Å². The van der Waals surface area contributed by atoms with Gasteiger partial charge in [0, 0.05) is 5.56 Å². The molecule has 0 aliphatic rings. The highest BCUT2D eigenvalue weighted by Crippen LogP contribution is 2.29. The van der Waals surface area contributed by atoms with Gasteiger partial charge >= 0.3 is 6.18 Å². The van der Waals surface area contributed by atoms with E-state index in [1.165, 1.54) is 0 Å². The van der Waals surface area contributed by atoms with Crippen molar-refractivity contribution in [2.45, 2.75) is 25.4 Å². The second-order valence-electron chi connectivity index (χ2n) is 3.49. The maximum absolute atomic E-state index is 12.4. The molecule has 0 radical (unpaired) electrons. The Labute approximate surface area is 90.2 Å². The molecule has 7 heteroatoms.